The van der Waals surface area contributed by atoms with Gasteiger partial charge in [-0.25, -0.2) is 4.39 Å². The van der Waals surface area contributed by atoms with Crippen molar-refractivity contribution in [3.8, 4) is 0 Å². The van der Waals surface area contributed by atoms with Crippen molar-refractivity contribution in [3.05, 3.63) is 35.6 Å². The van der Waals surface area contributed by atoms with Crippen LogP contribution in [0, 0.1) is 5.82 Å². The minimum Gasteiger partial charge on any atom is -0.465 e. The molecule has 5 nitrogen and oxygen atoms in total. The zero-order valence-electron chi connectivity index (χ0n) is 14.3. The van der Waals surface area contributed by atoms with Gasteiger partial charge >= 0.3 is 5.97 Å². The Bertz CT molecular complexity index is 562. The second-order valence-electron chi connectivity index (χ2n) is 6.07. The summed E-state index contributed by atoms with van der Waals surface area (Å²) in [6.45, 7) is 4.85. The minimum absolute atomic E-state index is 0.150. The number of piperidine rings is 1. The molecule has 1 aromatic carbocycles. The molecular formula is C18H25FN2O3. The Morgan fingerprint density at radius 1 is 1.33 bits per heavy atom. The maximum absolute atomic E-state index is 13.0. The highest BCUT2D eigenvalue weighted by atomic mass is 19.1. The Hall–Kier alpha value is -1.95. The zero-order chi connectivity index (χ0) is 17.5. The maximum atomic E-state index is 13.0. The molecule has 1 aliphatic heterocycles. The summed E-state index contributed by atoms with van der Waals surface area (Å²) >= 11 is 0. The predicted molar refractivity (Wildman–Crippen MR) is 88.8 cm³/mol. The molecule has 0 aromatic heterocycles. The van der Waals surface area contributed by atoms with Crippen LogP contribution in [0.25, 0.3) is 0 Å². The molecule has 1 fully saturated rings. The molecule has 0 radical (unpaired) electrons. The second-order valence-corrected chi connectivity index (χ2v) is 6.07. The fraction of sp³-hybridized carbons (Fsp3) is 0.556. The molecule has 0 bridgehead atoms. The van der Waals surface area contributed by atoms with E-state index in [0.717, 1.165) is 24.8 Å². The standard InChI is InChI=1S/C18H25FN2O3/c1-3-24-18(23)16-6-4-5-11-21(16)12-17(22)20-13(2)14-7-9-15(19)10-8-14/h7-10,13,16H,3-6,11-12H2,1-2H3,(H,20,22)/t13-,16-/m0/s1. The molecule has 1 N–H and O–H groups in total. The van der Waals surface area contributed by atoms with Gasteiger partial charge < -0.3 is 10.1 Å². The van der Waals surface area contributed by atoms with E-state index in [2.05, 4.69) is 5.32 Å². The average molecular weight is 336 g/mol. The van der Waals surface area contributed by atoms with Gasteiger partial charge in [0.15, 0.2) is 0 Å². The van der Waals surface area contributed by atoms with E-state index < -0.39 is 0 Å². The van der Waals surface area contributed by atoms with Crippen molar-refractivity contribution >= 4 is 11.9 Å². The van der Waals surface area contributed by atoms with E-state index in [9.17, 15) is 14.0 Å². The van der Waals surface area contributed by atoms with E-state index in [-0.39, 0.29) is 36.3 Å². The van der Waals surface area contributed by atoms with Gasteiger partial charge in [-0.1, -0.05) is 18.6 Å². The van der Waals surface area contributed by atoms with E-state index in [4.69, 9.17) is 4.74 Å². The molecule has 6 heteroatoms. The number of esters is 1. The highest BCUT2D eigenvalue weighted by molar-refractivity contribution is 5.81. The highest BCUT2D eigenvalue weighted by Crippen LogP contribution is 2.18. The Labute approximate surface area is 142 Å². The van der Waals surface area contributed by atoms with Crippen molar-refractivity contribution in [2.45, 2.75) is 45.2 Å². The van der Waals surface area contributed by atoms with E-state index >= 15 is 0 Å². The lowest BCUT2D eigenvalue weighted by Crippen LogP contribution is -2.49. The number of amides is 1. The molecule has 0 aliphatic carbocycles. The van der Waals surface area contributed by atoms with E-state index in [1.807, 2.05) is 11.8 Å². The topological polar surface area (TPSA) is 58.6 Å². The fourth-order valence-electron chi connectivity index (χ4n) is 2.99. The monoisotopic (exact) mass is 336 g/mol. The number of halogens is 1. The van der Waals surface area contributed by atoms with Crippen LogP contribution in [0.15, 0.2) is 24.3 Å². The first-order valence-electron chi connectivity index (χ1n) is 8.46. The van der Waals surface area contributed by atoms with Gasteiger partial charge in [-0.05, 0) is 50.9 Å². The highest BCUT2D eigenvalue weighted by Gasteiger charge is 2.31. The van der Waals surface area contributed by atoms with Crippen molar-refractivity contribution < 1.29 is 18.7 Å². The van der Waals surface area contributed by atoms with E-state index in [0.29, 0.717) is 13.2 Å². The summed E-state index contributed by atoms with van der Waals surface area (Å²) in [5, 5.41) is 2.90. The van der Waals surface area contributed by atoms with Gasteiger partial charge in [0.1, 0.15) is 11.9 Å². The number of nitrogens with one attached hydrogen (secondary N) is 1. The van der Waals surface area contributed by atoms with Crippen molar-refractivity contribution in [1.29, 1.82) is 0 Å². The third-order valence-electron chi connectivity index (χ3n) is 4.27. The predicted octanol–water partition coefficient (Wildman–Crippen LogP) is 2.42. The molecule has 1 saturated heterocycles. The SMILES string of the molecule is CCOC(=O)[C@@H]1CCCCN1CC(=O)N[C@@H](C)c1ccc(F)cc1. The van der Waals surface area contributed by atoms with Crippen molar-refractivity contribution in [2.24, 2.45) is 0 Å². The number of rotatable bonds is 6. The van der Waals surface area contributed by atoms with Crippen molar-refractivity contribution in [2.75, 3.05) is 19.7 Å². The molecule has 2 rings (SSSR count). The minimum atomic E-state index is -0.342. The maximum Gasteiger partial charge on any atom is 0.323 e. The summed E-state index contributed by atoms with van der Waals surface area (Å²) in [5.41, 5.74) is 0.838. The van der Waals surface area contributed by atoms with Crippen LogP contribution >= 0.6 is 0 Å². The zero-order valence-corrected chi connectivity index (χ0v) is 14.3. The summed E-state index contributed by atoms with van der Waals surface area (Å²) in [6, 6.07) is 5.50. The number of benzene rings is 1. The van der Waals surface area contributed by atoms with Gasteiger partial charge in [-0.3, -0.25) is 14.5 Å². The summed E-state index contributed by atoms with van der Waals surface area (Å²) in [4.78, 5) is 26.2. The fourth-order valence-corrected chi connectivity index (χ4v) is 2.99. The van der Waals surface area contributed by atoms with Gasteiger partial charge in [0, 0.05) is 0 Å². The Morgan fingerprint density at radius 3 is 2.71 bits per heavy atom. The number of hydrogen-bond acceptors (Lipinski definition) is 4. The van der Waals surface area contributed by atoms with Gasteiger partial charge in [0.25, 0.3) is 0 Å². The van der Waals surface area contributed by atoms with E-state index in [1.54, 1.807) is 19.1 Å². The van der Waals surface area contributed by atoms with Crippen LogP contribution in [0.4, 0.5) is 4.39 Å². The lowest BCUT2D eigenvalue weighted by Gasteiger charge is -2.33. The molecule has 132 valence electrons. The summed E-state index contributed by atoms with van der Waals surface area (Å²) in [7, 11) is 0. The molecule has 2 atom stereocenters. The van der Waals surface area contributed by atoms with Crippen LogP contribution in [0.1, 0.15) is 44.7 Å². The lowest BCUT2D eigenvalue weighted by atomic mass is 10.0. The number of likely N-dealkylation sites (tertiary alicyclic amines) is 1. The van der Waals surface area contributed by atoms with Crippen LogP contribution in [-0.4, -0.2) is 42.5 Å². The number of ether oxygens (including phenoxy) is 1. The summed E-state index contributed by atoms with van der Waals surface area (Å²) in [5.74, 6) is -0.706. The van der Waals surface area contributed by atoms with Gasteiger partial charge in [0.2, 0.25) is 5.91 Å². The molecular weight excluding hydrogens is 311 g/mol. The summed E-state index contributed by atoms with van der Waals surface area (Å²) in [6.07, 6.45) is 2.66. The Kier molecular flexibility index (Phi) is 6.73. The molecule has 24 heavy (non-hydrogen) atoms. The normalized spacial score (nSPS) is 19.5. The molecule has 1 amide bonds. The lowest BCUT2D eigenvalue weighted by molar-refractivity contribution is -0.151. The van der Waals surface area contributed by atoms with Crippen LogP contribution < -0.4 is 5.32 Å². The van der Waals surface area contributed by atoms with Crippen molar-refractivity contribution in [3.63, 3.8) is 0 Å². The average Bonchev–Trinajstić information content (AvgIpc) is 2.56. The number of hydrogen-bond donors (Lipinski definition) is 1. The first-order chi connectivity index (χ1) is 11.5. The second kappa shape index (κ2) is 8.78. The molecule has 0 spiro atoms. The van der Waals surface area contributed by atoms with Gasteiger partial charge in [0.05, 0.1) is 19.2 Å². The first-order valence-corrected chi connectivity index (χ1v) is 8.46. The van der Waals surface area contributed by atoms with Gasteiger partial charge in [-0.15, -0.1) is 0 Å². The quantitative estimate of drug-likeness (QED) is 0.811. The summed E-state index contributed by atoms with van der Waals surface area (Å²) < 4.78 is 18.1. The number of carbonyl (C=O) groups excluding carboxylic acids is 2. The van der Waals surface area contributed by atoms with Crippen LogP contribution in [0.2, 0.25) is 0 Å². The largest absolute Gasteiger partial charge is 0.465 e. The van der Waals surface area contributed by atoms with E-state index in [1.165, 1.54) is 12.1 Å². The van der Waals surface area contributed by atoms with Crippen molar-refractivity contribution in [1.82, 2.24) is 10.2 Å². The first kappa shape index (κ1) is 18.4. The Morgan fingerprint density at radius 2 is 2.04 bits per heavy atom. The smallest absolute Gasteiger partial charge is 0.323 e. The van der Waals surface area contributed by atoms with Crippen LogP contribution in [0.3, 0.4) is 0 Å². The van der Waals surface area contributed by atoms with Crippen LogP contribution in [-0.2, 0) is 14.3 Å². The van der Waals surface area contributed by atoms with Crippen LogP contribution in [0.5, 0.6) is 0 Å². The third kappa shape index (κ3) is 5.03. The molecule has 1 heterocycles. The molecule has 0 unspecified atom stereocenters. The third-order valence-corrected chi connectivity index (χ3v) is 4.27. The number of carbonyl (C=O) groups is 2. The van der Waals surface area contributed by atoms with Gasteiger partial charge in [-0.2, -0.15) is 0 Å². The molecule has 1 aromatic rings. The number of nitrogens with zero attached hydrogens (tertiary/aromatic N) is 1. The molecule has 1 aliphatic rings. The molecule has 0 saturated carbocycles. The Balaban J connectivity index is 1.91.